The molecule has 100 valence electrons. The molecule has 0 saturated heterocycles. The van der Waals surface area contributed by atoms with E-state index >= 15 is 0 Å². The van der Waals surface area contributed by atoms with Crippen LogP contribution in [0.2, 0.25) is 0 Å². The Hall–Kier alpha value is -1.69. The number of hydrogen-bond acceptors (Lipinski definition) is 5. The van der Waals surface area contributed by atoms with Crippen LogP contribution in [0.25, 0.3) is 0 Å². The topological polar surface area (TPSA) is 95.3 Å². The lowest BCUT2D eigenvalue weighted by molar-refractivity contribution is 0.0691. The third kappa shape index (κ3) is 3.66. The maximum absolute atomic E-state index is 11.0. The van der Waals surface area contributed by atoms with E-state index < -0.39 is 5.97 Å². The first-order valence-corrected chi connectivity index (χ1v) is 5.78. The van der Waals surface area contributed by atoms with Crippen molar-refractivity contribution in [3.63, 3.8) is 0 Å². The summed E-state index contributed by atoms with van der Waals surface area (Å²) in [6.07, 6.45) is 3.29. The Labute approximate surface area is 106 Å². The standard InChI is InChI=1S/C12H19N3O3/c1-12(2,3)8(4-7-16)15-10-9(11(17)18)13-5-6-14-10/h5-6,8,16H,4,7H2,1-3H3,(H,14,15)(H,17,18). The summed E-state index contributed by atoms with van der Waals surface area (Å²) in [5.41, 5.74) is -0.236. The van der Waals surface area contributed by atoms with E-state index in [-0.39, 0.29) is 29.6 Å². The van der Waals surface area contributed by atoms with Gasteiger partial charge in [-0.25, -0.2) is 14.8 Å². The predicted molar refractivity (Wildman–Crippen MR) is 67.6 cm³/mol. The van der Waals surface area contributed by atoms with Crippen molar-refractivity contribution in [2.75, 3.05) is 11.9 Å². The van der Waals surface area contributed by atoms with E-state index in [0.717, 1.165) is 0 Å². The van der Waals surface area contributed by atoms with Gasteiger partial charge in [-0.3, -0.25) is 0 Å². The second-order valence-electron chi connectivity index (χ2n) is 5.13. The van der Waals surface area contributed by atoms with Crippen LogP contribution in [0.4, 0.5) is 5.82 Å². The number of aromatic carboxylic acids is 1. The van der Waals surface area contributed by atoms with Gasteiger partial charge >= 0.3 is 5.97 Å². The van der Waals surface area contributed by atoms with Crippen LogP contribution in [0.15, 0.2) is 12.4 Å². The van der Waals surface area contributed by atoms with E-state index in [1.165, 1.54) is 12.4 Å². The molecule has 1 aromatic heterocycles. The smallest absolute Gasteiger partial charge is 0.358 e. The highest BCUT2D eigenvalue weighted by Crippen LogP contribution is 2.25. The Morgan fingerprint density at radius 3 is 2.50 bits per heavy atom. The highest BCUT2D eigenvalue weighted by atomic mass is 16.4. The molecule has 1 aromatic rings. The molecule has 1 unspecified atom stereocenters. The summed E-state index contributed by atoms with van der Waals surface area (Å²) in [5.74, 6) is -0.888. The zero-order chi connectivity index (χ0) is 13.8. The summed E-state index contributed by atoms with van der Waals surface area (Å²) in [6.45, 7) is 6.06. The lowest BCUT2D eigenvalue weighted by Gasteiger charge is -2.31. The first-order chi connectivity index (χ1) is 8.36. The summed E-state index contributed by atoms with van der Waals surface area (Å²) >= 11 is 0. The molecule has 0 fully saturated rings. The quantitative estimate of drug-likeness (QED) is 0.733. The minimum Gasteiger partial charge on any atom is -0.476 e. The van der Waals surface area contributed by atoms with Gasteiger partial charge in [0.1, 0.15) is 0 Å². The lowest BCUT2D eigenvalue weighted by atomic mass is 9.85. The third-order valence-electron chi connectivity index (χ3n) is 2.67. The van der Waals surface area contributed by atoms with E-state index in [9.17, 15) is 4.79 Å². The summed E-state index contributed by atoms with van der Waals surface area (Å²) in [4.78, 5) is 18.8. The van der Waals surface area contributed by atoms with E-state index in [2.05, 4.69) is 15.3 Å². The second-order valence-corrected chi connectivity index (χ2v) is 5.13. The molecule has 0 aliphatic rings. The highest BCUT2D eigenvalue weighted by Gasteiger charge is 2.26. The van der Waals surface area contributed by atoms with Gasteiger partial charge in [0.05, 0.1) is 0 Å². The van der Waals surface area contributed by atoms with Crippen molar-refractivity contribution in [3.05, 3.63) is 18.1 Å². The Bertz CT molecular complexity index is 415. The monoisotopic (exact) mass is 253 g/mol. The van der Waals surface area contributed by atoms with E-state index in [1.807, 2.05) is 20.8 Å². The molecule has 0 radical (unpaired) electrons. The third-order valence-corrected chi connectivity index (χ3v) is 2.67. The summed E-state index contributed by atoms with van der Waals surface area (Å²) < 4.78 is 0. The first kappa shape index (κ1) is 14.4. The Morgan fingerprint density at radius 2 is 2.00 bits per heavy atom. The van der Waals surface area contributed by atoms with Crippen molar-refractivity contribution in [2.45, 2.75) is 33.2 Å². The molecule has 0 saturated carbocycles. The fraction of sp³-hybridized carbons (Fsp3) is 0.583. The van der Waals surface area contributed by atoms with Crippen LogP contribution >= 0.6 is 0 Å². The molecule has 1 rings (SSSR count). The van der Waals surface area contributed by atoms with Crippen molar-refractivity contribution in [1.82, 2.24) is 9.97 Å². The molecule has 0 aromatic carbocycles. The lowest BCUT2D eigenvalue weighted by Crippen LogP contribution is -2.35. The molecule has 0 amide bonds. The van der Waals surface area contributed by atoms with Crippen LogP contribution in [-0.4, -0.2) is 38.8 Å². The van der Waals surface area contributed by atoms with Crippen molar-refractivity contribution in [1.29, 1.82) is 0 Å². The van der Waals surface area contributed by atoms with Gasteiger partial charge in [-0.15, -0.1) is 0 Å². The zero-order valence-corrected chi connectivity index (χ0v) is 10.8. The number of rotatable bonds is 5. The number of carboxylic acids is 1. The summed E-state index contributed by atoms with van der Waals surface area (Å²) in [7, 11) is 0. The molecule has 6 heteroatoms. The fourth-order valence-electron chi connectivity index (χ4n) is 1.62. The zero-order valence-electron chi connectivity index (χ0n) is 10.8. The minimum atomic E-state index is -1.12. The van der Waals surface area contributed by atoms with Crippen molar-refractivity contribution in [2.24, 2.45) is 5.41 Å². The highest BCUT2D eigenvalue weighted by molar-refractivity contribution is 5.90. The fourth-order valence-corrected chi connectivity index (χ4v) is 1.62. The first-order valence-electron chi connectivity index (χ1n) is 5.78. The number of nitrogens with one attached hydrogen (secondary N) is 1. The second kappa shape index (κ2) is 5.77. The van der Waals surface area contributed by atoms with Gasteiger partial charge in [0.15, 0.2) is 11.5 Å². The van der Waals surface area contributed by atoms with Gasteiger partial charge in [-0.1, -0.05) is 20.8 Å². The average Bonchev–Trinajstić information content (AvgIpc) is 2.27. The number of aliphatic hydroxyl groups excluding tert-OH is 1. The number of nitrogens with zero attached hydrogens (tertiary/aromatic N) is 2. The molecule has 1 heterocycles. The van der Waals surface area contributed by atoms with Gasteiger partial charge in [0, 0.05) is 25.0 Å². The Balaban J connectivity index is 2.97. The van der Waals surface area contributed by atoms with E-state index in [0.29, 0.717) is 6.42 Å². The summed E-state index contributed by atoms with van der Waals surface area (Å²) in [6, 6.07) is -0.0858. The number of carbonyl (C=O) groups is 1. The number of aliphatic hydroxyl groups is 1. The van der Waals surface area contributed by atoms with Gasteiger partial charge in [-0.2, -0.15) is 0 Å². The molecule has 18 heavy (non-hydrogen) atoms. The number of anilines is 1. The molecule has 3 N–H and O–H groups in total. The number of carboxylic acid groups (broad SMARTS) is 1. The van der Waals surface area contributed by atoms with E-state index in [4.69, 9.17) is 10.2 Å². The summed E-state index contributed by atoms with van der Waals surface area (Å²) in [5, 5.41) is 21.1. The van der Waals surface area contributed by atoms with Crippen LogP contribution in [0, 0.1) is 5.41 Å². The van der Waals surface area contributed by atoms with Gasteiger partial charge in [0.2, 0.25) is 0 Å². The number of aromatic nitrogens is 2. The van der Waals surface area contributed by atoms with Crippen molar-refractivity contribution < 1.29 is 15.0 Å². The molecular formula is C12H19N3O3. The Morgan fingerprint density at radius 1 is 1.39 bits per heavy atom. The van der Waals surface area contributed by atoms with Gasteiger partial charge in [-0.05, 0) is 11.8 Å². The van der Waals surface area contributed by atoms with Crippen molar-refractivity contribution >= 4 is 11.8 Å². The average molecular weight is 253 g/mol. The number of hydrogen-bond donors (Lipinski definition) is 3. The maximum Gasteiger partial charge on any atom is 0.358 e. The van der Waals surface area contributed by atoms with Crippen LogP contribution in [0.5, 0.6) is 0 Å². The minimum absolute atomic E-state index is 0.0254. The van der Waals surface area contributed by atoms with Crippen LogP contribution in [0.1, 0.15) is 37.7 Å². The largest absolute Gasteiger partial charge is 0.476 e. The molecule has 0 bridgehead atoms. The normalized spacial score (nSPS) is 13.1. The van der Waals surface area contributed by atoms with Gasteiger partial charge < -0.3 is 15.5 Å². The van der Waals surface area contributed by atoms with Crippen molar-refractivity contribution in [3.8, 4) is 0 Å². The SMILES string of the molecule is CC(C)(C)C(CCO)Nc1nccnc1C(=O)O. The van der Waals surface area contributed by atoms with Crippen LogP contribution in [-0.2, 0) is 0 Å². The molecule has 0 aliphatic carbocycles. The molecular weight excluding hydrogens is 234 g/mol. The molecule has 0 spiro atoms. The molecule has 6 nitrogen and oxygen atoms in total. The predicted octanol–water partition coefficient (Wildman–Crippen LogP) is 1.38. The molecule has 1 atom stereocenters. The van der Waals surface area contributed by atoms with Gasteiger partial charge in [0.25, 0.3) is 0 Å². The Kier molecular flexibility index (Phi) is 4.61. The molecule has 0 aliphatic heterocycles. The maximum atomic E-state index is 11.0. The van der Waals surface area contributed by atoms with Crippen LogP contribution in [0.3, 0.4) is 0 Å². The van der Waals surface area contributed by atoms with E-state index in [1.54, 1.807) is 0 Å². The van der Waals surface area contributed by atoms with Crippen LogP contribution < -0.4 is 5.32 Å².